The molecule has 1 aliphatic rings. The predicted octanol–water partition coefficient (Wildman–Crippen LogP) is 0.165. The smallest absolute Gasteiger partial charge is 0.146 e. The molecular formula is C12H20N4O. The molecule has 0 spiro atoms. The Morgan fingerprint density at radius 1 is 1.59 bits per heavy atom. The lowest BCUT2D eigenvalue weighted by Crippen LogP contribution is -2.38. The molecule has 94 valence electrons. The lowest BCUT2D eigenvalue weighted by atomic mass is 10.2. The minimum atomic E-state index is -0.278. The topological polar surface area (TPSA) is 65.6 Å². The average molecular weight is 236 g/mol. The van der Waals surface area contributed by atoms with E-state index in [4.69, 9.17) is 5.73 Å². The first-order valence-corrected chi connectivity index (χ1v) is 5.88. The third-order valence-electron chi connectivity index (χ3n) is 3.09. The minimum Gasteiger partial charge on any atom is -0.391 e. The van der Waals surface area contributed by atoms with Crippen LogP contribution in [0.15, 0.2) is 18.3 Å². The van der Waals surface area contributed by atoms with Crippen molar-refractivity contribution in [2.24, 2.45) is 0 Å². The molecule has 0 aliphatic carbocycles. The Kier molecular flexibility index (Phi) is 3.49. The summed E-state index contributed by atoms with van der Waals surface area (Å²) >= 11 is 0. The second kappa shape index (κ2) is 4.89. The van der Waals surface area contributed by atoms with E-state index in [0.717, 1.165) is 18.7 Å². The second-order valence-electron chi connectivity index (χ2n) is 4.87. The Balaban J connectivity index is 2.21. The molecule has 0 bridgehead atoms. The Bertz CT molecular complexity index is 383. The van der Waals surface area contributed by atoms with E-state index in [-0.39, 0.29) is 6.10 Å². The summed E-state index contributed by atoms with van der Waals surface area (Å²) in [6.07, 6.45) is 2.19. The van der Waals surface area contributed by atoms with Crippen LogP contribution in [0.3, 0.4) is 0 Å². The Morgan fingerprint density at radius 3 is 3.00 bits per heavy atom. The van der Waals surface area contributed by atoms with Gasteiger partial charge in [-0.25, -0.2) is 4.98 Å². The van der Waals surface area contributed by atoms with Gasteiger partial charge < -0.3 is 20.6 Å². The molecule has 3 N–H and O–H groups in total. The van der Waals surface area contributed by atoms with Crippen LogP contribution < -0.4 is 10.6 Å². The van der Waals surface area contributed by atoms with Gasteiger partial charge in [-0.15, -0.1) is 0 Å². The number of hydrogen-bond acceptors (Lipinski definition) is 5. The number of nitrogens with two attached hydrogens (primary N) is 1. The fourth-order valence-corrected chi connectivity index (χ4v) is 2.43. The predicted molar refractivity (Wildman–Crippen MR) is 69.0 cm³/mol. The first-order chi connectivity index (χ1) is 8.08. The van der Waals surface area contributed by atoms with Gasteiger partial charge in [0.2, 0.25) is 0 Å². The summed E-state index contributed by atoms with van der Waals surface area (Å²) in [5.41, 5.74) is 6.82. The van der Waals surface area contributed by atoms with Gasteiger partial charge in [0.05, 0.1) is 11.8 Å². The molecule has 0 aromatic carbocycles. The van der Waals surface area contributed by atoms with Gasteiger partial charge in [0.25, 0.3) is 0 Å². The zero-order valence-electron chi connectivity index (χ0n) is 10.4. The van der Waals surface area contributed by atoms with Gasteiger partial charge in [-0.2, -0.15) is 0 Å². The standard InChI is InChI=1S/C12H20N4O/c1-15(2)7-9-6-10(17)8-16(9)11-4-3-5-14-12(11)13/h3-5,9-10,17H,6-8H2,1-2H3,(H2,13,14). The van der Waals surface area contributed by atoms with Crippen LogP contribution in [0.25, 0.3) is 0 Å². The van der Waals surface area contributed by atoms with Crippen LogP contribution in [0.4, 0.5) is 11.5 Å². The molecule has 2 rings (SSSR count). The van der Waals surface area contributed by atoms with Crippen molar-refractivity contribution < 1.29 is 5.11 Å². The summed E-state index contributed by atoms with van der Waals surface area (Å²) in [7, 11) is 4.07. The third-order valence-corrected chi connectivity index (χ3v) is 3.09. The number of rotatable bonds is 3. The van der Waals surface area contributed by atoms with Crippen LogP contribution in [-0.2, 0) is 0 Å². The maximum atomic E-state index is 9.81. The maximum Gasteiger partial charge on any atom is 0.146 e. The van der Waals surface area contributed by atoms with Crippen molar-refractivity contribution in [3.05, 3.63) is 18.3 Å². The molecular weight excluding hydrogens is 216 g/mol. The molecule has 5 nitrogen and oxygen atoms in total. The molecule has 0 saturated carbocycles. The second-order valence-corrected chi connectivity index (χ2v) is 4.87. The molecule has 1 aromatic rings. The molecule has 2 atom stereocenters. The van der Waals surface area contributed by atoms with Crippen molar-refractivity contribution in [1.29, 1.82) is 0 Å². The first kappa shape index (κ1) is 12.1. The van der Waals surface area contributed by atoms with E-state index in [2.05, 4.69) is 14.8 Å². The highest BCUT2D eigenvalue weighted by atomic mass is 16.3. The Hall–Kier alpha value is -1.33. The molecule has 1 saturated heterocycles. The van der Waals surface area contributed by atoms with Crippen molar-refractivity contribution in [2.45, 2.75) is 18.6 Å². The number of aliphatic hydroxyl groups is 1. The van der Waals surface area contributed by atoms with E-state index < -0.39 is 0 Å². The molecule has 1 aromatic heterocycles. The third kappa shape index (κ3) is 2.68. The SMILES string of the molecule is CN(C)CC1CC(O)CN1c1cccnc1N. The highest BCUT2D eigenvalue weighted by Crippen LogP contribution is 2.29. The quantitative estimate of drug-likeness (QED) is 0.783. The molecule has 2 unspecified atom stereocenters. The molecule has 1 aliphatic heterocycles. The normalized spacial score (nSPS) is 24.6. The van der Waals surface area contributed by atoms with Crippen LogP contribution in [-0.4, -0.2) is 54.3 Å². The molecule has 2 heterocycles. The Labute approximate surface area is 102 Å². The largest absolute Gasteiger partial charge is 0.391 e. The van der Waals surface area contributed by atoms with Gasteiger partial charge >= 0.3 is 0 Å². The number of anilines is 2. The van der Waals surface area contributed by atoms with Crippen LogP contribution in [0, 0.1) is 0 Å². The van der Waals surface area contributed by atoms with Crippen molar-refractivity contribution in [3.63, 3.8) is 0 Å². The van der Waals surface area contributed by atoms with Crippen molar-refractivity contribution in [3.8, 4) is 0 Å². The van der Waals surface area contributed by atoms with Crippen molar-refractivity contribution in [2.75, 3.05) is 37.8 Å². The highest BCUT2D eigenvalue weighted by molar-refractivity contribution is 5.64. The molecule has 1 fully saturated rings. The summed E-state index contributed by atoms with van der Waals surface area (Å²) in [5, 5.41) is 9.81. The molecule has 0 amide bonds. The van der Waals surface area contributed by atoms with E-state index >= 15 is 0 Å². The molecule has 0 radical (unpaired) electrons. The number of nitrogen functional groups attached to an aromatic ring is 1. The summed E-state index contributed by atoms with van der Waals surface area (Å²) in [6, 6.07) is 4.14. The average Bonchev–Trinajstić information content (AvgIpc) is 2.59. The summed E-state index contributed by atoms with van der Waals surface area (Å²) in [5.74, 6) is 0.533. The minimum absolute atomic E-state index is 0.278. The molecule has 17 heavy (non-hydrogen) atoms. The lowest BCUT2D eigenvalue weighted by molar-refractivity contribution is 0.191. The van der Waals surface area contributed by atoms with Crippen molar-refractivity contribution in [1.82, 2.24) is 9.88 Å². The number of likely N-dealkylation sites (N-methyl/N-ethyl adjacent to an activating group) is 1. The van der Waals surface area contributed by atoms with Gasteiger partial charge in [-0.3, -0.25) is 0 Å². The number of aromatic nitrogens is 1. The summed E-state index contributed by atoms with van der Waals surface area (Å²) in [6.45, 7) is 1.54. The van der Waals surface area contributed by atoms with Crippen LogP contribution in [0.5, 0.6) is 0 Å². The number of aliphatic hydroxyl groups excluding tert-OH is 1. The number of nitrogens with zero attached hydrogens (tertiary/aromatic N) is 3. The van der Waals surface area contributed by atoms with Crippen LogP contribution in [0.1, 0.15) is 6.42 Å². The van der Waals surface area contributed by atoms with E-state index in [0.29, 0.717) is 18.4 Å². The zero-order chi connectivity index (χ0) is 12.4. The summed E-state index contributed by atoms with van der Waals surface area (Å²) < 4.78 is 0. The van der Waals surface area contributed by atoms with Gasteiger partial charge in [0, 0.05) is 25.3 Å². The first-order valence-electron chi connectivity index (χ1n) is 5.88. The van der Waals surface area contributed by atoms with Gasteiger partial charge in [-0.05, 0) is 32.6 Å². The van der Waals surface area contributed by atoms with E-state index in [1.54, 1.807) is 6.20 Å². The van der Waals surface area contributed by atoms with E-state index in [1.807, 2.05) is 26.2 Å². The fourth-order valence-electron chi connectivity index (χ4n) is 2.43. The zero-order valence-corrected chi connectivity index (χ0v) is 10.4. The lowest BCUT2D eigenvalue weighted by Gasteiger charge is -2.29. The fraction of sp³-hybridized carbons (Fsp3) is 0.583. The van der Waals surface area contributed by atoms with Crippen molar-refractivity contribution >= 4 is 11.5 Å². The van der Waals surface area contributed by atoms with Crippen LogP contribution >= 0.6 is 0 Å². The van der Waals surface area contributed by atoms with Gasteiger partial charge in [-0.1, -0.05) is 0 Å². The maximum absolute atomic E-state index is 9.81. The number of pyridine rings is 1. The van der Waals surface area contributed by atoms with Gasteiger partial charge in [0.15, 0.2) is 0 Å². The highest BCUT2D eigenvalue weighted by Gasteiger charge is 2.32. The monoisotopic (exact) mass is 236 g/mol. The summed E-state index contributed by atoms with van der Waals surface area (Å²) in [4.78, 5) is 8.39. The van der Waals surface area contributed by atoms with E-state index in [1.165, 1.54) is 0 Å². The van der Waals surface area contributed by atoms with E-state index in [9.17, 15) is 5.11 Å². The Morgan fingerprint density at radius 2 is 2.35 bits per heavy atom. The number of β-amino-alcohol motifs (C(OH)–C–C–N with tert-alkyl or cyclic N) is 1. The van der Waals surface area contributed by atoms with Crippen LogP contribution in [0.2, 0.25) is 0 Å². The number of hydrogen-bond donors (Lipinski definition) is 2. The molecule has 5 heteroatoms. The van der Waals surface area contributed by atoms with Gasteiger partial charge in [0.1, 0.15) is 5.82 Å².